The van der Waals surface area contributed by atoms with Crippen molar-refractivity contribution >= 4 is 0 Å². The van der Waals surface area contributed by atoms with Crippen LogP contribution in [-0.4, -0.2) is 39.0 Å². The third-order valence-corrected chi connectivity index (χ3v) is 4.36. The van der Waals surface area contributed by atoms with Crippen LogP contribution in [0.2, 0.25) is 0 Å². The molecule has 0 radical (unpaired) electrons. The number of nitrogens with zero attached hydrogens (tertiary/aromatic N) is 3. The lowest BCUT2D eigenvalue weighted by Crippen LogP contribution is -2.37. The second-order valence-corrected chi connectivity index (χ2v) is 6.19. The van der Waals surface area contributed by atoms with Crippen LogP contribution in [0.4, 0.5) is 0 Å². The first-order valence-electron chi connectivity index (χ1n) is 8.18. The zero-order chi connectivity index (χ0) is 15.4. The lowest BCUT2D eigenvalue weighted by molar-refractivity contribution is 0.0677. The van der Waals surface area contributed by atoms with Gasteiger partial charge in [0.15, 0.2) is 0 Å². The molecule has 1 aliphatic rings. The van der Waals surface area contributed by atoms with Gasteiger partial charge in [-0.1, -0.05) is 12.8 Å². The van der Waals surface area contributed by atoms with Gasteiger partial charge in [-0.3, -0.25) is 9.58 Å². The highest BCUT2D eigenvalue weighted by molar-refractivity contribution is 5.10. The SMILES string of the molecule is Cc1ccc([C@H]2CCCCCN2C[C@@H](O)Cn2cccn2)o1. The predicted molar refractivity (Wildman–Crippen MR) is 84.5 cm³/mol. The number of aryl methyl sites for hydroxylation is 1. The topological polar surface area (TPSA) is 54.4 Å². The highest BCUT2D eigenvalue weighted by Gasteiger charge is 2.26. The minimum atomic E-state index is -0.420. The van der Waals surface area contributed by atoms with Crippen LogP contribution < -0.4 is 0 Å². The van der Waals surface area contributed by atoms with Crippen LogP contribution in [0.25, 0.3) is 0 Å². The number of hydrogen-bond donors (Lipinski definition) is 1. The first kappa shape index (κ1) is 15.3. The summed E-state index contributed by atoms with van der Waals surface area (Å²) in [5, 5.41) is 14.6. The number of furan rings is 1. The molecule has 3 rings (SSSR count). The summed E-state index contributed by atoms with van der Waals surface area (Å²) in [5.74, 6) is 1.99. The van der Waals surface area contributed by atoms with Crippen molar-refractivity contribution in [1.82, 2.24) is 14.7 Å². The average molecular weight is 303 g/mol. The maximum absolute atomic E-state index is 10.4. The van der Waals surface area contributed by atoms with Gasteiger partial charge in [-0.2, -0.15) is 5.10 Å². The summed E-state index contributed by atoms with van der Waals surface area (Å²) in [6, 6.07) is 6.27. The molecule has 0 bridgehead atoms. The Hall–Kier alpha value is -1.59. The Balaban J connectivity index is 1.67. The van der Waals surface area contributed by atoms with Crippen LogP contribution in [0.5, 0.6) is 0 Å². The molecule has 0 spiro atoms. The van der Waals surface area contributed by atoms with Crippen molar-refractivity contribution in [1.29, 1.82) is 0 Å². The summed E-state index contributed by atoms with van der Waals surface area (Å²) in [5.41, 5.74) is 0. The third kappa shape index (κ3) is 3.78. The second-order valence-electron chi connectivity index (χ2n) is 6.19. The normalized spacial score (nSPS) is 21.6. The van der Waals surface area contributed by atoms with Crippen molar-refractivity contribution < 1.29 is 9.52 Å². The first-order valence-corrected chi connectivity index (χ1v) is 8.18. The van der Waals surface area contributed by atoms with Gasteiger partial charge in [-0.05, 0) is 44.5 Å². The quantitative estimate of drug-likeness (QED) is 0.923. The molecule has 0 saturated carbocycles. The second kappa shape index (κ2) is 7.11. The van der Waals surface area contributed by atoms with Crippen molar-refractivity contribution in [2.24, 2.45) is 0 Å². The van der Waals surface area contributed by atoms with Crippen LogP contribution >= 0.6 is 0 Å². The summed E-state index contributed by atoms with van der Waals surface area (Å²) in [6.45, 7) is 4.19. The summed E-state index contributed by atoms with van der Waals surface area (Å²) >= 11 is 0. The molecule has 22 heavy (non-hydrogen) atoms. The Morgan fingerprint density at radius 1 is 1.32 bits per heavy atom. The number of rotatable bonds is 5. The minimum absolute atomic E-state index is 0.281. The van der Waals surface area contributed by atoms with Crippen LogP contribution in [0.1, 0.15) is 43.2 Å². The van der Waals surface area contributed by atoms with E-state index in [2.05, 4.69) is 16.1 Å². The van der Waals surface area contributed by atoms with Crippen molar-refractivity contribution in [3.8, 4) is 0 Å². The van der Waals surface area contributed by atoms with Crippen molar-refractivity contribution in [3.05, 3.63) is 42.1 Å². The van der Waals surface area contributed by atoms with E-state index in [1.807, 2.05) is 25.3 Å². The smallest absolute Gasteiger partial charge is 0.121 e. The first-order chi connectivity index (χ1) is 10.7. The molecule has 2 aromatic rings. The van der Waals surface area contributed by atoms with Gasteiger partial charge >= 0.3 is 0 Å². The Labute approximate surface area is 131 Å². The molecule has 2 aromatic heterocycles. The fourth-order valence-electron chi connectivity index (χ4n) is 3.29. The molecule has 0 unspecified atom stereocenters. The molecule has 0 aliphatic carbocycles. The molecule has 3 heterocycles. The maximum atomic E-state index is 10.4. The van der Waals surface area contributed by atoms with E-state index >= 15 is 0 Å². The fraction of sp³-hybridized carbons (Fsp3) is 0.588. The van der Waals surface area contributed by atoms with E-state index in [1.54, 1.807) is 10.9 Å². The molecular formula is C17H25N3O2. The number of hydrogen-bond acceptors (Lipinski definition) is 4. The third-order valence-electron chi connectivity index (χ3n) is 4.36. The zero-order valence-electron chi connectivity index (χ0n) is 13.2. The van der Waals surface area contributed by atoms with Crippen LogP contribution in [0.3, 0.4) is 0 Å². The number of likely N-dealkylation sites (tertiary alicyclic amines) is 1. The van der Waals surface area contributed by atoms with Crippen molar-refractivity contribution in [2.45, 2.75) is 51.3 Å². The molecule has 0 amide bonds. The number of aliphatic hydroxyl groups excluding tert-OH is 1. The minimum Gasteiger partial charge on any atom is -0.465 e. The Morgan fingerprint density at radius 2 is 2.23 bits per heavy atom. The van der Waals surface area contributed by atoms with Gasteiger partial charge in [0, 0.05) is 18.9 Å². The van der Waals surface area contributed by atoms with E-state index in [4.69, 9.17) is 4.42 Å². The van der Waals surface area contributed by atoms with Crippen molar-refractivity contribution in [2.75, 3.05) is 13.1 Å². The van der Waals surface area contributed by atoms with Gasteiger partial charge in [0.05, 0.1) is 18.7 Å². The Bertz CT molecular complexity index is 564. The molecule has 1 N–H and O–H groups in total. The van der Waals surface area contributed by atoms with E-state index in [1.165, 1.54) is 19.3 Å². The van der Waals surface area contributed by atoms with E-state index in [-0.39, 0.29) is 6.04 Å². The maximum Gasteiger partial charge on any atom is 0.121 e. The van der Waals surface area contributed by atoms with Crippen LogP contribution in [0.15, 0.2) is 35.0 Å². The standard InChI is InChI=1S/C17H25N3O2/c1-14-7-8-17(22-14)16-6-3-2-4-10-19(16)12-15(21)13-20-11-5-9-18-20/h5,7-9,11,15-16,21H,2-4,6,10,12-13H2,1H3/t15-,16-/m1/s1. The van der Waals surface area contributed by atoms with E-state index < -0.39 is 6.10 Å². The largest absolute Gasteiger partial charge is 0.465 e. The molecule has 2 atom stereocenters. The number of aliphatic hydroxyl groups is 1. The summed E-state index contributed by atoms with van der Waals surface area (Å²) in [6.07, 6.45) is 7.97. The van der Waals surface area contributed by atoms with E-state index in [0.717, 1.165) is 24.5 Å². The highest BCUT2D eigenvalue weighted by atomic mass is 16.3. The highest BCUT2D eigenvalue weighted by Crippen LogP contribution is 2.31. The van der Waals surface area contributed by atoms with Gasteiger partial charge in [-0.15, -0.1) is 0 Å². The van der Waals surface area contributed by atoms with E-state index in [9.17, 15) is 5.11 Å². The number of aromatic nitrogens is 2. The number of β-amino-alcohol motifs (C(OH)–C–C–N with tert-alkyl or cyclic N) is 1. The summed E-state index contributed by atoms with van der Waals surface area (Å²) < 4.78 is 7.64. The van der Waals surface area contributed by atoms with Gasteiger partial charge in [0.1, 0.15) is 11.5 Å². The van der Waals surface area contributed by atoms with Crippen LogP contribution in [0, 0.1) is 6.92 Å². The summed E-state index contributed by atoms with van der Waals surface area (Å²) in [4.78, 5) is 2.37. The van der Waals surface area contributed by atoms with Crippen molar-refractivity contribution in [3.63, 3.8) is 0 Å². The lowest BCUT2D eigenvalue weighted by Gasteiger charge is -2.30. The molecule has 5 heteroatoms. The average Bonchev–Trinajstić information content (AvgIpc) is 3.08. The van der Waals surface area contributed by atoms with Crippen LogP contribution in [-0.2, 0) is 6.54 Å². The Kier molecular flexibility index (Phi) is 4.95. The molecule has 5 nitrogen and oxygen atoms in total. The zero-order valence-corrected chi connectivity index (χ0v) is 13.2. The van der Waals surface area contributed by atoms with Gasteiger partial charge in [0.2, 0.25) is 0 Å². The van der Waals surface area contributed by atoms with Gasteiger partial charge in [-0.25, -0.2) is 0 Å². The molecule has 1 saturated heterocycles. The van der Waals surface area contributed by atoms with Gasteiger partial charge in [0.25, 0.3) is 0 Å². The summed E-state index contributed by atoms with van der Waals surface area (Å²) in [7, 11) is 0. The molecular weight excluding hydrogens is 278 g/mol. The van der Waals surface area contributed by atoms with Gasteiger partial charge < -0.3 is 9.52 Å². The molecule has 120 valence electrons. The molecule has 1 aliphatic heterocycles. The monoisotopic (exact) mass is 303 g/mol. The lowest BCUT2D eigenvalue weighted by atomic mass is 10.1. The van der Waals surface area contributed by atoms with E-state index in [0.29, 0.717) is 13.1 Å². The molecule has 0 aromatic carbocycles. The molecule has 1 fully saturated rings. The fourth-order valence-corrected chi connectivity index (χ4v) is 3.29. The predicted octanol–water partition coefficient (Wildman–Crippen LogP) is 2.76. The Morgan fingerprint density at radius 3 is 2.95 bits per heavy atom.